The number of aromatic nitrogens is 3. The predicted molar refractivity (Wildman–Crippen MR) is 95.7 cm³/mol. The van der Waals surface area contributed by atoms with Gasteiger partial charge >= 0.3 is 0 Å². The van der Waals surface area contributed by atoms with Crippen molar-refractivity contribution < 1.29 is 4.74 Å². The maximum atomic E-state index is 5.26. The fraction of sp³-hybridized carbons (Fsp3) is 0.500. The van der Waals surface area contributed by atoms with E-state index < -0.39 is 0 Å². The second-order valence-corrected chi connectivity index (χ2v) is 6.07. The second kappa shape index (κ2) is 8.47. The van der Waals surface area contributed by atoms with Crippen molar-refractivity contribution in [2.24, 2.45) is 0 Å². The zero-order valence-corrected chi connectivity index (χ0v) is 14.2. The maximum absolute atomic E-state index is 5.26. The highest BCUT2D eigenvalue weighted by Crippen LogP contribution is 2.16. The fourth-order valence-corrected chi connectivity index (χ4v) is 2.95. The van der Waals surface area contributed by atoms with E-state index in [1.807, 2.05) is 12.1 Å². The van der Waals surface area contributed by atoms with Crippen molar-refractivity contribution in [2.75, 3.05) is 37.0 Å². The highest BCUT2D eigenvalue weighted by atomic mass is 16.5. The number of benzene rings is 1. The lowest BCUT2D eigenvalue weighted by molar-refractivity contribution is 0.414. The summed E-state index contributed by atoms with van der Waals surface area (Å²) in [5, 5.41) is 11.7. The number of anilines is 2. The zero-order chi connectivity index (χ0) is 16.6. The van der Waals surface area contributed by atoms with Gasteiger partial charge in [-0.2, -0.15) is 10.1 Å². The van der Waals surface area contributed by atoms with Crippen LogP contribution in [-0.4, -0.2) is 41.9 Å². The van der Waals surface area contributed by atoms with Crippen LogP contribution in [0.15, 0.2) is 30.5 Å². The molecule has 1 N–H and O–H groups in total. The lowest BCUT2D eigenvalue weighted by Crippen LogP contribution is -2.26. The van der Waals surface area contributed by atoms with Crippen molar-refractivity contribution in [3.8, 4) is 5.75 Å². The molecule has 0 radical (unpaired) electrons. The van der Waals surface area contributed by atoms with Crippen LogP contribution in [0.1, 0.15) is 31.2 Å². The molecule has 1 saturated heterocycles. The molecule has 0 aliphatic carbocycles. The molecule has 2 heterocycles. The zero-order valence-electron chi connectivity index (χ0n) is 14.2. The first kappa shape index (κ1) is 16.5. The summed E-state index contributed by atoms with van der Waals surface area (Å²) in [7, 11) is 1.69. The number of nitrogens with one attached hydrogen (secondary N) is 1. The minimum Gasteiger partial charge on any atom is -0.497 e. The van der Waals surface area contributed by atoms with Gasteiger partial charge in [0, 0.05) is 19.6 Å². The monoisotopic (exact) mass is 327 g/mol. The molecule has 0 spiro atoms. The number of methoxy groups -OCH3 is 1. The van der Waals surface area contributed by atoms with Crippen LogP contribution in [0.25, 0.3) is 0 Å². The lowest BCUT2D eigenvalue weighted by Gasteiger charge is -2.19. The quantitative estimate of drug-likeness (QED) is 0.880. The maximum Gasteiger partial charge on any atom is 0.247 e. The minimum absolute atomic E-state index is 0.739. The Morgan fingerprint density at radius 3 is 2.79 bits per heavy atom. The smallest absolute Gasteiger partial charge is 0.247 e. The van der Waals surface area contributed by atoms with Crippen LogP contribution in [0.5, 0.6) is 5.75 Å². The van der Waals surface area contributed by atoms with Crippen molar-refractivity contribution in [1.82, 2.24) is 15.2 Å². The summed E-state index contributed by atoms with van der Waals surface area (Å²) >= 11 is 0. The van der Waals surface area contributed by atoms with E-state index in [9.17, 15) is 0 Å². The van der Waals surface area contributed by atoms with Gasteiger partial charge in [0.25, 0.3) is 0 Å². The molecule has 1 aliphatic rings. The predicted octanol–water partition coefficient (Wildman–Crippen LogP) is 2.92. The Hall–Kier alpha value is -2.37. The topological polar surface area (TPSA) is 63.2 Å². The largest absolute Gasteiger partial charge is 0.497 e. The van der Waals surface area contributed by atoms with E-state index in [-0.39, 0.29) is 0 Å². The van der Waals surface area contributed by atoms with Gasteiger partial charge in [0.15, 0.2) is 5.82 Å². The molecular formula is C18H25N5O. The van der Waals surface area contributed by atoms with Gasteiger partial charge in [0.2, 0.25) is 5.95 Å². The van der Waals surface area contributed by atoms with Crippen molar-refractivity contribution in [2.45, 2.75) is 32.1 Å². The van der Waals surface area contributed by atoms with Gasteiger partial charge in [-0.25, -0.2) is 0 Å². The molecule has 1 aromatic carbocycles. The van der Waals surface area contributed by atoms with Crippen LogP contribution in [0, 0.1) is 0 Å². The van der Waals surface area contributed by atoms with Crippen LogP contribution < -0.4 is 15.0 Å². The Kier molecular flexibility index (Phi) is 5.82. The summed E-state index contributed by atoms with van der Waals surface area (Å²) in [5.74, 6) is 2.41. The summed E-state index contributed by atoms with van der Waals surface area (Å²) in [6.07, 6.45) is 7.59. The number of nitrogens with zero attached hydrogens (tertiary/aromatic N) is 4. The molecular weight excluding hydrogens is 302 g/mol. The minimum atomic E-state index is 0.739. The van der Waals surface area contributed by atoms with Crippen LogP contribution >= 0.6 is 0 Å². The van der Waals surface area contributed by atoms with E-state index in [0.29, 0.717) is 0 Å². The van der Waals surface area contributed by atoms with Crippen molar-refractivity contribution in [3.05, 3.63) is 36.0 Å². The molecule has 1 fully saturated rings. The standard InChI is InChI=1S/C18H25N5O/c1-24-16-8-6-7-15(13-16)9-10-19-17-14-20-22-18(21-17)23-11-4-2-3-5-12-23/h6-8,13-14H,2-5,9-12H2,1H3,(H,19,21,22). The SMILES string of the molecule is COc1cccc(CCNc2cnnc(N3CCCCCC3)n2)c1. The molecule has 3 rings (SSSR count). The number of rotatable bonds is 6. The first-order valence-corrected chi connectivity index (χ1v) is 8.66. The molecule has 0 bridgehead atoms. The van der Waals surface area contributed by atoms with Gasteiger partial charge in [0.1, 0.15) is 5.75 Å². The third-order valence-electron chi connectivity index (χ3n) is 4.29. The molecule has 0 saturated carbocycles. The van der Waals surface area contributed by atoms with E-state index in [2.05, 4.69) is 37.5 Å². The van der Waals surface area contributed by atoms with Gasteiger partial charge in [-0.05, 0) is 37.0 Å². The summed E-state index contributed by atoms with van der Waals surface area (Å²) in [5.41, 5.74) is 1.23. The van der Waals surface area contributed by atoms with E-state index in [1.165, 1.54) is 31.2 Å². The van der Waals surface area contributed by atoms with Gasteiger partial charge in [-0.1, -0.05) is 25.0 Å². The summed E-state index contributed by atoms with van der Waals surface area (Å²) in [6, 6.07) is 8.13. The Labute approximate surface area is 143 Å². The summed E-state index contributed by atoms with van der Waals surface area (Å²) < 4.78 is 5.26. The fourth-order valence-electron chi connectivity index (χ4n) is 2.95. The third-order valence-corrected chi connectivity index (χ3v) is 4.29. The van der Waals surface area contributed by atoms with Gasteiger partial charge in [-0.3, -0.25) is 0 Å². The molecule has 6 nitrogen and oxygen atoms in total. The van der Waals surface area contributed by atoms with Crippen LogP contribution in [0.4, 0.5) is 11.8 Å². The first-order valence-electron chi connectivity index (χ1n) is 8.66. The highest BCUT2D eigenvalue weighted by Gasteiger charge is 2.13. The third kappa shape index (κ3) is 4.57. The summed E-state index contributed by atoms with van der Waals surface area (Å²) in [6.45, 7) is 2.84. The van der Waals surface area contributed by atoms with Gasteiger partial charge in [0.05, 0.1) is 13.3 Å². The molecule has 24 heavy (non-hydrogen) atoms. The molecule has 128 valence electrons. The van der Waals surface area contributed by atoms with Crippen molar-refractivity contribution in [1.29, 1.82) is 0 Å². The van der Waals surface area contributed by atoms with Crippen LogP contribution in [0.3, 0.4) is 0 Å². The number of hydrogen-bond donors (Lipinski definition) is 1. The average Bonchev–Trinajstić information content (AvgIpc) is 2.92. The molecule has 0 atom stereocenters. The number of hydrogen-bond acceptors (Lipinski definition) is 6. The Bertz CT molecular complexity index is 641. The van der Waals surface area contributed by atoms with Crippen molar-refractivity contribution >= 4 is 11.8 Å². The van der Waals surface area contributed by atoms with Crippen LogP contribution in [0.2, 0.25) is 0 Å². The van der Waals surface area contributed by atoms with E-state index in [4.69, 9.17) is 4.74 Å². The summed E-state index contributed by atoms with van der Waals surface area (Å²) in [4.78, 5) is 6.86. The number of ether oxygens (including phenoxy) is 1. The Balaban J connectivity index is 1.56. The van der Waals surface area contributed by atoms with E-state index in [0.717, 1.165) is 43.6 Å². The molecule has 2 aromatic rings. The molecule has 6 heteroatoms. The first-order chi connectivity index (χ1) is 11.8. The molecule has 0 unspecified atom stereocenters. The molecule has 1 aliphatic heterocycles. The van der Waals surface area contributed by atoms with E-state index >= 15 is 0 Å². The normalized spacial score (nSPS) is 15.0. The van der Waals surface area contributed by atoms with Gasteiger partial charge in [-0.15, -0.1) is 5.10 Å². The molecule has 1 aromatic heterocycles. The Morgan fingerprint density at radius 1 is 1.17 bits per heavy atom. The van der Waals surface area contributed by atoms with Crippen molar-refractivity contribution in [3.63, 3.8) is 0 Å². The second-order valence-electron chi connectivity index (χ2n) is 6.07. The Morgan fingerprint density at radius 2 is 2.00 bits per heavy atom. The highest BCUT2D eigenvalue weighted by molar-refractivity contribution is 5.39. The van der Waals surface area contributed by atoms with Gasteiger partial charge < -0.3 is 15.0 Å². The van der Waals surface area contributed by atoms with E-state index in [1.54, 1.807) is 13.3 Å². The molecule has 0 amide bonds. The van der Waals surface area contributed by atoms with Crippen LogP contribution in [-0.2, 0) is 6.42 Å². The lowest BCUT2D eigenvalue weighted by atomic mass is 10.1. The average molecular weight is 327 g/mol.